The van der Waals surface area contributed by atoms with Crippen LogP contribution in [0.4, 0.5) is 11.6 Å². The number of carbonyl (C=O) groups excluding carboxylic acids is 1. The smallest absolute Gasteiger partial charge is 0.231 e. The van der Waals surface area contributed by atoms with Gasteiger partial charge in [0.1, 0.15) is 11.6 Å². The van der Waals surface area contributed by atoms with E-state index in [4.69, 9.17) is 10.3 Å². The number of aromatic nitrogens is 3. The Bertz CT molecular complexity index is 893. The van der Waals surface area contributed by atoms with Crippen molar-refractivity contribution in [2.45, 2.75) is 32.6 Å². The molecule has 7 nitrogen and oxygen atoms in total. The van der Waals surface area contributed by atoms with E-state index in [2.05, 4.69) is 20.4 Å². The molecule has 7 heteroatoms. The molecule has 0 aliphatic carbocycles. The summed E-state index contributed by atoms with van der Waals surface area (Å²) >= 11 is 0. The Morgan fingerprint density at radius 3 is 2.35 bits per heavy atom. The number of hydrogen-bond acceptors (Lipinski definition) is 6. The zero-order valence-electron chi connectivity index (χ0n) is 15.0. The zero-order chi connectivity index (χ0) is 18.7. The second-order valence-corrected chi connectivity index (χ2v) is 7.06. The van der Waals surface area contributed by atoms with E-state index in [0.717, 1.165) is 11.1 Å². The predicted molar refractivity (Wildman–Crippen MR) is 99.4 cm³/mol. The number of anilines is 2. The summed E-state index contributed by atoms with van der Waals surface area (Å²) in [7, 11) is 0. The lowest BCUT2D eigenvalue weighted by Gasteiger charge is -2.12. The lowest BCUT2D eigenvalue weighted by atomic mass is 9.93. The van der Waals surface area contributed by atoms with Crippen LogP contribution in [0.15, 0.2) is 47.2 Å². The van der Waals surface area contributed by atoms with Gasteiger partial charge in [0.05, 0.1) is 6.42 Å². The molecule has 0 saturated carbocycles. The van der Waals surface area contributed by atoms with Crippen LogP contribution in [0.2, 0.25) is 0 Å². The molecule has 0 saturated heterocycles. The summed E-state index contributed by atoms with van der Waals surface area (Å²) in [5, 5.41) is 6.61. The Balaban J connectivity index is 1.62. The van der Waals surface area contributed by atoms with Gasteiger partial charge >= 0.3 is 0 Å². The molecule has 3 heterocycles. The van der Waals surface area contributed by atoms with Gasteiger partial charge in [0.2, 0.25) is 5.91 Å². The molecule has 3 N–H and O–H groups in total. The van der Waals surface area contributed by atoms with E-state index in [1.54, 1.807) is 24.5 Å². The predicted octanol–water partition coefficient (Wildman–Crippen LogP) is 3.19. The molecule has 0 bridgehead atoms. The van der Waals surface area contributed by atoms with Crippen LogP contribution in [0, 0.1) is 0 Å². The maximum absolute atomic E-state index is 12.2. The molecule has 3 aromatic rings. The normalized spacial score (nSPS) is 11.3. The molecule has 26 heavy (non-hydrogen) atoms. The number of nitrogens with two attached hydrogens (primary N) is 1. The van der Waals surface area contributed by atoms with Gasteiger partial charge in [0.15, 0.2) is 5.82 Å². The van der Waals surface area contributed by atoms with Crippen LogP contribution in [0.1, 0.15) is 32.2 Å². The summed E-state index contributed by atoms with van der Waals surface area (Å²) < 4.78 is 5.26. The van der Waals surface area contributed by atoms with Crippen LogP contribution in [0.3, 0.4) is 0 Å². The SMILES string of the molecule is CC(C)(C)c1cc(NC(=O)Cc2ccc(-c3ccc(N)nc3)cn2)no1. The lowest BCUT2D eigenvalue weighted by molar-refractivity contribution is -0.115. The third-order valence-electron chi connectivity index (χ3n) is 3.80. The largest absolute Gasteiger partial charge is 0.384 e. The highest BCUT2D eigenvalue weighted by atomic mass is 16.5. The molecule has 0 radical (unpaired) electrons. The van der Waals surface area contributed by atoms with Crippen LogP contribution >= 0.6 is 0 Å². The quantitative estimate of drug-likeness (QED) is 0.747. The van der Waals surface area contributed by atoms with E-state index in [1.807, 2.05) is 39.0 Å². The van der Waals surface area contributed by atoms with Gasteiger partial charge in [0.25, 0.3) is 0 Å². The number of pyridine rings is 2. The highest BCUT2D eigenvalue weighted by Crippen LogP contribution is 2.24. The van der Waals surface area contributed by atoms with E-state index in [0.29, 0.717) is 23.1 Å². The fourth-order valence-electron chi connectivity index (χ4n) is 2.31. The molecule has 0 fully saturated rings. The molecule has 3 rings (SSSR count). The number of hydrogen-bond donors (Lipinski definition) is 2. The summed E-state index contributed by atoms with van der Waals surface area (Å²) in [6, 6.07) is 9.07. The van der Waals surface area contributed by atoms with Crippen molar-refractivity contribution in [2.75, 3.05) is 11.1 Å². The van der Waals surface area contributed by atoms with Gasteiger partial charge in [-0.1, -0.05) is 32.0 Å². The summed E-state index contributed by atoms with van der Waals surface area (Å²) in [5.74, 6) is 1.39. The van der Waals surface area contributed by atoms with E-state index < -0.39 is 0 Å². The fourth-order valence-corrected chi connectivity index (χ4v) is 2.31. The summed E-state index contributed by atoms with van der Waals surface area (Å²) in [5.41, 5.74) is 7.91. The molecule has 0 spiro atoms. The van der Waals surface area contributed by atoms with Crippen LogP contribution < -0.4 is 11.1 Å². The molecule has 0 aliphatic heterocycles. The maximum atomic E-state index is 12.2. The van der Waals surface area contributed by atoms with Crippen molar-refractivity contribution >= 4 is 17.5 Å². The minimum atomic E-state index is -0.201. The highest BCUT2D eigenvalue weighted by Gasteiger charge is 2.20. The van der Waals surface area contributed by atoms with Gasteiger partial charge in [-0.3, -0.25) is 9.78 Å². The van der Waals surface area contributed by atoms with Crippen LogP contribution in [0.25, 0.3) is 11.1 Å². The van der Waals surface area contributed by atoms with Gasteiger partial charge in [-0.15, -0.1) is 0 Å². The monoisotopic (exact) mass is 351 g/mol. The van der Waals surface area contributed by atoms with Crippen molar-refractivity contribution in [3.8, 4) is 11.1 Å². The molecule has 3 aromatic heterocycles. The first-order valence-electron chi connectivity index (χ1n) is 8.25. The van der Waals surface area contributed by atoms with Gasteiger partial charge < -0.3 is 15.6 Å². The zero-order valence-corrected chi connectivity index (χ0v) is 15.0. The number of rotatable bonds is 4. The molecule has 0 atom stereocenters. The van der Waals surface area contributed by atoms with Crippen molar-refractivity contribution in [1.82, 2.24) is 15.1 Å². The van der Waals surface area contributed by atoms with E-state index in [9.17, 15) is 4.79 Å². The van der Waals surface area contributed by atoms with Crippen molar-refractivity contribution < 1.29 is 9.32 Å². The van der Waals surface area contributed by atoms with Gasteiger partial charge in [-0.25, -0.2) is 4.98 Å². The van der Waals surface area contributed by atoms with Crippen molar-refractivity contribution in [3.05, 3.63) is 54.2 Å². The van der Waals surface area contributed by atoms with E-state index in [-0.39, 0.29) is 17.7 Å². The van der Waals surface area contributed by atoms with Gasteiger partial charge in [0, 0.05) is 40.7 Å². The standard InChI is InChI=1S/C19H21N5O2/c1-19(2,3)15-9-17(24-26-15)23-18(25)8-14-6-4-12(10-21-14)13-5-7-16(20)22-11-13/h4-7,9-11H,8H2,1-3H3,(H2,20,22)(H,23,24,25). The van der Waals surface area contributed by atoms with Crippen molar-refractivity contribution in [3.63, 3.8) is 0 Å². The number of nitrogen functional groups attached to an aromatic ring is 1. The Hall–Kier alpha value is -3.22. The lowest BCUT2D eigenvalue weighted by Crippen LogP contribution is -2.15. The second-order valence-electron chi connectivity index (χ2n) is 7.06. The Morgan fingerprint density at radius 2 is 1.81 bits per heavy atom. The second kappa shape index (κ2) is 6.95. The molecule has 134 valence electrons. The Morgan fingerprint density at radius 1 is 1.12 bits per heavy atom. The first-order chi connectivity index (χ1) is 12.3. The molecule has 1 amide bonds. The highest BCUT2D eigenvalue weighted by molar-refractivity contribution is 5.91. The summed E-state index contributed by atoms with van der Waals surface area (Å²) in [6.07, 6.45) is 3.55. The topological polar surface area (TPSA) is 107 Å². The third kappa shape index (κ3) is 4.24. The minimum absolute atomic E-state index is 0.151. The molecular weight excluding hydrogens is 330 g/mol. The maximum Gasteiger partial charge on any atom is 0.231 e. The molecular formula is C19H21N5O2. The molecule has 0 aliphatic rings. The van der Waals surface area contributed by atoms with Crippen molar-refractivity contribution in [1.29, 1.82) is 0 Å². The average molecular weight is 351 g/mol. The molecule has 0 unspecified atom stereocenters. The Kier molecular flexibility index (Phi) is 4.71. The van der Waals surface area contributed by atoms with Gasteiger partial charge in [-0.2, -0.15) is 0 Å². The van der Waals surface area contributed by atoms with E-state index >= 15 is 0 Å². The Labute approximate surface area is 151 Å². The number of carbonyl (C=O) groups is 1. The van der Waals surface area contributed by atoms with E-state index in [1.165, 1.54) is 0 Å². The first kappa shape index (κ1) is 17.6. The first-order valence-corrected chi connectivity index (χ1v) is 8.25. The third-order valence-corrected chi connectivity index (χ3v) is 3.80. The molecule has 0 aromatic carbocycles. The summed E-state index contributed by atoms with van der Waals surface area (Å²) in [4.78, 5) is 20.6. The number of nitrogens with zero attached hydrogens (tertiary/aromatic N) is 3. The van der Waals surface area contributed by atoms with Crippen molar-refractivity contribution in [2.24, 2.45) is 0 Å². The number of amides is 1. The number of nitrogens with one attached hydrogen (secondary N) is 1. The minimum Gasteiger partial charge on any atom is -0.384 e. The van der Waals surface area contributed by atoms with Crippen LogP contribution in [0.5, 0.6) is 0 Å². The van der Waals surface area contributed by atoms with Crippen LogP contribution in [-0.2, 0) is 16.6 Å². The van der Waals surface area contributed by atoms with Gasteiger partial charge in [-0.05, 0) is 18.2 Å². The average Bonchev–Trinajstić information content (AvgIpc) is 3.05. The fraction of sp³-hybridized carbons (Fsp3) is 0.263. The summed E-state index contributed by atoms with van der Waals surface area (Å²) in [6.45, 7) is 6.05. The van der Waals surface area contributed by atoms with Crippen LogP contribution in [-0.4, -0.2) is 21.0 Å².